The normalized spacial score (nSPS) is 55.4. The van der Waals surface area contributed by atoms with E-state index in [4.69, 9.17) is 5.26 Å². The number of nitrogens with zero attached hydrogens (tertiary/aromatic N) is 1. The second kappa shape index (κ2) is 2.73. The maximum Gasteiger partial charge on any atom is 0.0866 e. The number of rotatable bonds is 0. The van der Waals surface area contributed by atoms with Gasteiger partial charge < -0.3 is 5.11 Å². The molecule has 0 aromatic carbocycles. The van der Waals surface area contributed by atoms with Gasteiger partial charge in [0.2, 0.25) is 0 Å². The van der Waals surface area contributed by atoms with E-state index < -0.39 is 0 Å². The van der Waals surface area contributed by atoms with Crippen LogP contribution in [0, 0.1) is 34.5 Å². The Morgan fingerprint density at radius 3 is 2.86 bits per heavy atom. The highest BCUT2D eigenvalue weighted by atomic mass is 16.3. The molecule has 1 N–H and O–H groups in total. The highest BCUT2D eigenvalue weighted by molar-refractivity contribution is 5.23. The molecule has 2 nitrogen and oxygen atoms in total. The highest BCUT2D eigenvalue weighted by Crippen LogP contribution is 2.65. The molecule has 0 bridgehead atoms. The number of nitriles is 1. The number of aliphatic hydroxyl groups excluding tert-OH is 1. The molecule has 0 aromatic rings. The summed E-state index contributed by atoms with van der Waals surface area (Å²) < 4.78 is 0. The van der Waals surface area contributed by atoms with Crippen LogP contribution in [0.25, 0.3) is 0 Å². The van der Waals surface area contributed by atoms with Gasteiger partial charge in [-0.05, 0) is 37.0 Å². The molecule has 5 atom stereocenters. The van der Waals surface area contributed by atoms with Crippen LogP contribution >= 0.6 is 0 Å². The zero-order valence-electron chi connectivity index (χ0n) is 8.45. The van der Waals surface area contributed by atoms with Crippen LogP contribution in [0.5, 0.6) is 0 Å². The Hall–Kier alpha value is -0.550. The van der Waals surface area contributed by atoms with E-state index >= 15 is 0 Å². The molecule has 2 heteroatoms. The third-order valence-electron chi connectivity index (χ3n) is 4.85. The molecule has 0 saturated heterocycles. The molecule has 3 aliphatic carbocycles. The van der Waals surface area contributed by atoms with Gasteiger partial charge in [-0.15, -0.1) is 0 Å². The van der Waals surface area contributed by atoms with Gasteiger partial charge in [-0.25, -0.2) is 0 Å². The minimum Gasteiger partial charge on any atom is -0.391 e. The van der Waals surface area contributed by atoms with Crippen LogP contribution in [0.3, 0.4) is 0 Å². The summed E-state index contributed by atoms with van der Waals surface area (Å²) in [6, 6.07) is 2.39. The van der Waals surface area contributed by atoms with Crippen molar-refractivity contribution >= 4 is 0 Å². The fourth-order valence-corrected chi connectivity index (χ4v) is 3.90. The largest absolute Gasteiger partial charge is 0.391 e. The lowest BCUT2D eigenvalue weighted by Gasteiger charge is -2.40. The first kappa shape index (κ1) is 8.73. The van der Waals surface area contributed by atoms with Crippen LogP contribution in [0.15, 0.2) is 0 Å². The van der Waals surface area contributed by atoms with Crippen molar-refractivity contribution in [2.45, 2.75) is 44.6 Å². The monoisotopic (exact) mass is 191 g/mol. The van der Waals surface area contributed by atoms with Crippen molar-refractivity contribution in [3.05, 3.63) is 0 Å². The molecule has 0 spiro atoms. The van der Waals surface area contributed by atoms with E-state index in [1.54, 1.807) is 0 Å². The molecule has 3 fully saturated rings. The summed E-state index contributed by atoms with van der Waals surface area (Å²) in [6.07, 6.45) is 6.91. The Morgan fingerprint density at radius 2 is 2.07 bits per heavy atom. The number of aliphatic hydroxyl groups is 1. The molecule has 0 heterocycles. The SMILES string of the molecule is N#C[C@]12C[C@H]1C[C@H]1CCCC[C@@H]1[C@@H]2O. The van der Waals surface area contributed by atoms with Gasteiger partial charge in [0.05, 0.1) is 17.6 Å². The van der Waals surface area contributed by atoms with E-state index in [1.165, 1.54) is 25.7 Å². The molecule has 0 radical (unpaired) electrons. The van der Waals surface area contributed by atoms with E-state index in [1.807, 2.05) is 0 Å². The van der Waals surface area contributed by atoms with Gasteiger partial charge in [-0.3, -0.25) is 0 Å². The van der Waals surface area contributed by atoms with Crippen molar-refractivity contribution in [2.24, 2.45) is 23.2 Å². The zero-order valence-corrected chi connectivity index (χ0v) is 8.45. The van der Waals surface area contributed by atoms with Crippen LogP contribution < -0.4 is 0 Å². The van der Waals surface area contributed by atoms with Crippen molar-refractivity contribution in [3.63, 3.8) is 0 Å². The summed E-state index contributed by atoms with van der Waals surface area (Å²) >= 11 is 0. The molecule has 3 rings (SSSR count). The average molecular weight is 191 g/mol. The van der Waals surface area contributed by atoms with Gasteiger partial charge in [0.25, 0.3) is 0 Å². The number of fused-ring (bicyclic) bond motifs is 2. The molecule has 0 amide bonds. The van der Waals surface area contributed by atoms with E-state index in [9.17, 15) is 5.11 Å². The van der Waals surface area contributed by atoms with Crippen LogP contribution in [-0.4, -0.2) is 11.2 Å². The van der Waals surface area contributed by atoms with Crippen molar-refractivity contribution < 1.29 is 5.11 Å². The van der Waals surface area contributed by atoms with Gasteiger partial charge >= 0.3 is 0 Å². The standard InChI is InChI=1S/C12H17NO/c13-7-12-6-9(12)5-8-3-1-2-4-10(8)11(12)14/h8-11,14H,1-6H2/t8-,9-,10+,11+,12-/m1/s1. The van der Waals surface area contributed by atoms with Crippen molar-refractivity contribution in [1.29, 1.82) is 5.26 Å². The molecule has 3 aliphatic rings. The topological polar surface area (TPSA) is 44.0 Å². The first-order valence-electron chi connectivity index (χ1n) is 5.87. The van der Waals surface area contributed by atoms with Crippen LogP contribution in [0.4, 0.5) is 0 Å². The van der Waals surface area contributed by atoms with Gasteiger partial charge in [0.1, 0.15) is 0 Å². The number of hydrogen-bond donors (Lipinski definition) is 1. The maximum absolute atomic E-state index is 10.2. The fraction of sp³-hybridized carbons (Fsp3) is 0.917. The molecule has 0 aliphatic heterocycles. The van der Waals surface area contributed by atoms with Crippen molar-refractivity contribution in [3.8, 4) is 6.07 Å². The van der Waals surface area contributed by atoms with Crippen LogP contribution in [0.2, 0.25) is 0 Å². The fourth-order valence-electron chi connectivity index (χ4n) is 3.90. The molecular weight excluding hydrogens is 174 g/mol. The third kappa shape index (κ3) is 0.941. The average Bonchev–Trinajstić information content (AvgIpc) is 2.94. The minimum absolute atomic E-state index is 0.307. The van der Waals surface area contributed by atoms with E-state index in [2.05, 4.69) is 6.07 Å². The zero-order chi connectivity index (χ0) is 9.76. The first-order chi connectivity index (χ1) is 6.78. The summed E-state index contributed by atoms with van der Waals surface area (Å²) in [4.78, 5) is 0. The second-order valence-corrected chi connectivity index (χ2v) is 5.44. The van der Waals surface area contributed by atoms with E-state index in [0.717, 1.165) is 18.8 Å². The van der Waals surface area contributed by atoms with Crippen LogP contribution in [-0.2, 0) is 0 Å². The van der Waals surface area contributed by atoms with Gasteiger partial charge in [-0.2, -0.15) is 5.26 Å². The molecule has 3 saturated carbocycles. The molecular formula is C12H17NO. The molecule has 0 unspecified atom stereocenters. The van der Waals surface area contributed by atoms with Crippen LogP contribution in [0.1, 0.15) is 38.5 Å². The van der Waals surface area contributed by atoms with Gasteiger partial charge in [0.15, 0.2) is 0 Å². The lowest BCUT2D eigenvalue weighted by Crippen LogP contribution is -2.41. The van der Waals surface area contributed by atoms with E-state index in [0.29, 0.717) is 11.8 Å². The van der Waals surface area contributed by atoms with Gasteiger partial charge in [-0.1, -0.05) is 19.3 Å². The minimum atomic E-state index is -0.309. The summed E-state index contributed by atoms with van der Waals surface area (Å²) in [7, 11) is 0. The molecule has 0 aromatic heterocycles. The Kier molecular flexibility index (Phi) is 1.70. The lowest BCUT2D eigenvalue weighted by atomic mass is 9.66. The smallest absolute Gasteiger partial charge is 0.0866 e. The first-order valence-corrected chi connectivity index (χ1v) is 5.87. The number of hydrogen-bond acceptors (Lipinski definition) is 2. The maximum atomic E-state index is 10.2. The van der Waals surface area contributed by atoms with Crippen molar-refractivity contribution in [1.82, 2.24) is 0 Å². The van der Waals surface area contributed by atoms with Gasteiger partial charge in [0, 0.05) is 0 Å². The highest BCUT2D eigenvalue weighted by Gasteiger charge is 2.65. The Labute approximate surface area is 84.9 Å². The summed E-state index contributed by atoms with van der Waals surface area (Å²) in [6.45, 7) is 0. The Bertz CT molecular complexity index is 295. The Morgan fingerprint density at radius 1 is 1.29 bits per heavy atom. The molecule has 14 heavy (non-hydrogen) atoms. The predicted octanol–water partition coefficient (Wildman–Crippen LogP) is 2.09. The van der Waals surface area contributed by atoms with E-state index in [-0.39, 0.29) is 11.5 Å². The molecule has 76 valence electrons. The summed E-state index contributed by atoms with van der Waals surface area (Å²) in [5.74, 6) is 1.71. The summed E-state index contributed by atoms with van der Waals surface area (Å²) in [5.41, 5.74) is -0.307. The second-order valence-electron chi connectivity index (χ2n) is 5.44. The predicted molar refractivity (Wildman–Crippen MR) is 52.2 cm³/mol. The Balaban J connectivity index is 1.86. The summed E-state index contributed by atoms with van der Waals surface area (Å²) in [5, 5.41) is 19.4. The quantitative estimate of drug-likeness (QED) is 0.637. The lowest BCUT2D eigenvalue weighted by molar-refractivity contribution is -0.0216. The third-order valence-corrected chi connectivity index (χ3v) is 4.85. The van der Waals surface area contributed by atoms with Crippen molar-refractivity contribution in [2.75, 3.05) is 0 Å².